The number of hydrogen-bond donors (Lipinski definition) is 1. The van der Waals surface area contributed by atoms with Gasteiger partial charge in [-0.2, -0.15) is 0 Å². The van der Waals surface area contributed by atoms with Gasteiger partial charge in [0.05, 0.1) is 0 Å². The molecule has 1 aromatic rings. The molecule has 0 saturated carbocycles. The molecule has 1 aromatic carbocycles. The molecular weight excluding hydrogens is 194 g/mol. The average molecular weight is 208 g/mol. The maximum absolute atomic E-state index is 5.71. The van der Waals surface area contributed by atoms with Crippen molar-refractivity contribution in [2.24, 2.45) is 0 Å². The molecule has 14 heavy (non-hydrogen) atoms. The van der Waals surface area contributed by atoms with Crippen molar-refractivity contribution in [2.45, 2.75) is 13.5 Å². The summed E-state index contributed by atoms with van der Waals surface area (Å²) in [7, 11) is 0. The smallest absolute Gasteiger partial charge is 0.0400 e. The van der Waals surface area contributed by atoms with Crippen molar-refractivity contribution in [1.82, 2.24) is 5.32 Å². The molecular formula is C12H14ClN. The van der Waals surface area contributed by atoms with E-state index in [0.717, 1.165) is 17.3 Å². The van der Waals surface area contributed by atoms with Crippen molar-refractivity contribution in [1.29, 1.82) is 0 Å². The summed E-state index contributed by atoms with van der Waals surface area (Å²) in [5.74, 6) is 0. The molecule has 0 bridgehead atoms. The quantitative estimate of drug-likeness (QED) is 0.746. The number of hydrogen-bond acceptors (Lipinski definition) is 1. The molecule has 1 nitrogen and oxygen atoms in total. The third-order valence-corrected chi connectivity index (χ3v) is 1.84. The fourth-order valence-electron chi connectivity index (χ4n) is 1.10. The second-order valence-electron chi connectivity index (χ2n) is 3.10. The van der Waals surface area contributed by atoms with Crippen LogP contribution in [-0.4, -0.2) is 0 Å². The highest BCUT2D eigenvalue weighted by Crippen LogP contribution is 2.03. The van der Waals surface area contributed by atoms with E-state index in [2.05, 4.69) is 24.0 Å². The van der Waals surface area contributed by atoms with Crippen LogP contribution >= 0.6 is 11.6 Å². The van der Waals surface area contributed by atoms with Crippen LogP contribution in [-0.2, 0) is 6.54 Å². The zero-order valence-electron chi connectivity index (χ0n) is 8.26. The van der Waals surface area contributed by atoms with Crippen LogP contribution in [0.15, 0.2) is 53.7 Å². The largest absolute Gasteiger partial charge is 0.381 e. The van der Waals surface area contributed by atoms with Gasteiger partial charge in [0.2, 0.25) is 0 Å². The van der Waals surface area contributed by atoms with E-state index in [-0.39, 0.29) is 0 Å². The molecule has 0 atom stereocenters. The van der Waals surface area contributed by atoms with E-state index in [1.165, 1.54) is 5.56 Å². The normalized spacial score (nSPS) is 11.1. The van der Waals surface area contributed by atoms with E-state index < -0.39 is 0 Å². The summed E-state index contributed by atoms with van der Waals surface area (Å²) in [6.45, 7) is 6.45. The number of benzene rings is 1. The molecule has 0 amide bonds. The summed E-state index contributed by atoms with van der Waals surface area (Å²) in [4.78, 5) is 0. The van der Waals surface area contributed by atoms with E-state index in [0.29, 0.717) is 0 Å². The van der Waals surface area contributed by atoms with Crippen molar-refractivity contribution in [2.75, 3.05) is 0 Å². The van der Waals surface area contributed by atoms with Gasteiger partial charge in [-0.15, -0.1) is 0 Å². The van der Waals surface area contributed by atoms with Gasteiger partial charge >= 0.3 is 0 Å². The second-order valence-corrected chi connectivity index (χ2v) is 3.69. The zero-order chi connectivity index (χ0) is 10.4. The Labute approximate surface area is 90.1 Å². The molecule has 1 rings (SSSR count). The first-order valence-electron chi connectivity index (χ1n) is 4.49. The highest BCUT2D eigenvalue weighted by Gasteiger charge is 1.91. The molecule has 0 spiro atoms. The van der Waals surface area contributed by atoms with Crippen LogP contribution in [0.4, 0.5) is 0 Å². The van der Waals surface area contributed by atoms with Gasteiger partial charge in [-0.3, -0.25) is 0 Å². The molecule has 0 unspecified atom stereocenters. The maximum atomic E-state index is 5.71. The summed E-state index contributed by atoms with van der Waals surface area (Å²) in [6.07, 6.45) is 1.81. The van der Waals surface area contributed by atoms with Crippen LogP contribution in [0.3, 0.4) is 0 Å². The Morgan fingerprint density at radius 3 is 2.64 bits per heavy atom. The van der Waals surface area contributed by atoms with Crippen LogP contribution in [0.25, 0.3) is 0 Å². The molecule has 0 fully saturated rings. The third-order valence-electron chi connectivity index (χ3n) is 1.74. The van der Waals surface area contributed by atoms with Gasteiger partial charge < -0.3 is 5.32 Å². The summed E-state index contributed by atoms with van der Waals surface area (Å²) < 4.78 is 0. The minimum Gasteiger partial charge on any atom is -0.381 e. The standard InChI is InChI=1S/C12H14ClN/c1-10(13)8-11(2)14-9-12-6-4-3-5-7-12/h3-8,14H,2,9H2,1H3/b10-8+. The number of allylic oxidation sites excluding steroid dienone is 2. The van der Waals surface area contributed by atoms with Gasteiger partial charge in [0.15, 0.2) is 0 Å². The van der Waals surface area contributed by atoms with Crippen molar-refractivity contribution in [3.8, 4) is 0 Å². The summed E-state index contributed by atoms with van der Waals surface area (Å²) >= 11 is 5.71. The van der Waals surface area contributed by atoms with Gasteiger partial charge in [0.25, 0.3) is 0 Å². The van der Waals surface area contributed by atoms with E-state index in [1.807, 2.05) is 31.2 Å². The number of nitrogens with one attached hydrogen (secondary N) is 1. The lowest BCUT2D eigenvalue weighted by atomic mass is 10.2. The van der Waals surface area contributed by atoms with Gasteiger partial charge in [-0.25, -0.2) is 0 Å². The van der Waals surface area contributed by atoms with Crippen molar-refractivity contribution < 1.29 is 0 Å². The first-order valence-corrected chi connectivity index (χ1v) is 4.87. The summed E-state index contributed by atoms with van der Waals surface area (Å²) in [6, 6.07) is 10.2. The van der Waals surface area contributed by atoms with Crippen LogP contribution in [0.2, 0.25) is 0 Å². The minimum atomic E-state index is 0.732. The second kappa shape index (κ2) is 5.51. The molecule has 0 aromatic heterocycles. The maximum Gasteiger partial charge on any atom is 0.0400 e. The Kier molecular flexibility index (Phi) is 4.27. The lowest BCUT2D eigenvalue weighted by Crippen LogP contribution is -2.10. The predicted octanol–water partition coefficient (Wildman–Crippen LogP) is 3.43. The van der Waals surface area contributed by atoms with Gasteiger partial charge in [0, 0.05) is 17.3 Å². The van der Waals surface area contributed by atoms with Crippen LogP contribution in [0, 0.1) is 0 Å². The number of halogens is 1. The summed E-state index contributed by atoms with van der Waals surface area (Å²) in [5, 5.41) is 3.91. The molecule has 1 N–H and O–H groups in total. The van der Waals surface area contributed by atoms with Crippen LogP contribution in [0.5, 0.6) is 0 Å². The molecule has 74 valence electrons. The molecule has 0 aliphatic rings. The van der Waals surface area contributed by atoms with Gasteiger partial charge in [-0.1, -0.05) is 48.5 Å². The van der Waals surface area contributed by atoms with Crippen molar-refractivity contribution in [3.05, 3.63) is 59.3 Å². The predicted molar refractivity (Wildman–Crippen MR) is 62.0 cm³/mol. The van der Waals surface area contributed by atoms with E-state index in [1.54, 1.807) is 0 Å². The van der Waals surface area contributed by atoms with E-state index in [4.69, 9.17) is 11.6 Å². The molecule has 2 heteroatoms. The Morgan fingerprint density at radius 1 is 1.43 bits per heavy atom. The molecule has 0 heterocycles. The van der Waals surface area contributed by atoms with E-state index in [9.17, 15) is 0 Å². The van der Waals surface area contributed by atoms with Gasteiger partial charge in [0.1, 0.15) is 0 Å². The molecule has 0 aliphatic heterocycles. The molecule has 0 saturated heterocycles. The highest BCUT2D eigenvalue weighted by atomic mass is 35.5. The van der Waals surface area contributed by atoms with Crippen molar-refractivity contribution >= 4 is 11.6 Å². The van der Waals surface area contributed by atoms with E-state index >= 15 is 0 Å². The lowest BCUT2D eigenvalue weighted by molar-refractivity contribution is 0.836. The summed E-state index contributed by atoms with van der Waals surface area (Å²) in [5.41, 5.74) is 2.07. The van der Waals surface area contributed by atoms with Crippen molar-refractivity contribution in [3.63, 3.8) is 0 Å². The average Bonchev–Trinajstić information content (AvgIpc) is 2.15. The first-order chi connectivity index (χ1) is 6.68. The fraction of sp³-hybridized carbons (Fsp3) is 0.167. The lowest BCUT2D eigenvalue weighted by Gasteiger charge is -2.05. The molecule has 0 aliphatic carbocycles. The number of rotatable bonds is 4. The fourth-order valence-corrected chi connectivity index (χ4v) is 1.23. The SMILES string of the molecule is C=C(/C=C(\C)Cl)NCc1ccccc1. The monoisotopic (exact) mass is 207 g/mol. The molecule has 0 radical (unpaired) electrons. The minimum absolute atomic E-state index is 0.732. The van der Waals surface area contributed by atoms with Crippen LogP contribution in [0.1, 0.15) is 12.5 Å². The first kappa shape index (κ1) is 10.9. The topological polar surface area (TPSA) is 12.0 Å². The third kappa shape index (κ3) is 4.15. The van der Waals surface area contributed by atoms with Gasteiger partial charge in [-0.05, 0) is 18.6 Å². The Morgan fingerprint density at radius 2 is 2.07 bits per heavy atom. The zero-order valence-corrected chi connectivity index (χ0v) is 9.01. The Bertz CT molecular complexity index is 323. The Hall–Kier alpha value is -1.21. The van der Waals surface area contributed by atoms with Crippen LogP contribution < -0.4 is 5.32 Å². The highest BCUT2D eigenvalue weighted by molar-refractivity contribution is 6.29. The Balaban J connectivity index is 2.42.